The molecule has 0 saturated heterocycles. The van der Waals surface area contributed by atoms with Gasteiger partial charge >= 0.3 is 0 Å². The summed E-state index contributed by atoms with van der Waals surface area (Å²) in [6.45, 7) is 0. The van der Waals surface area contributed by atoms with E-state index in [-0.39, 0.29) is 0 Å². The first-order chi connectivity index (χ1) is 10.4. The van der Waals surface area contributed by atoms with Gasteiger partial charge in [-0.25, -0.2) is 0 Å². The number of fused-ring (bicyclic) bond motifs is 5. The van der Waals surface area contributed by atoms with Gasteiger partial charge in [-0.05, 0) is 62.1 Å². The van der Waals surface area contributed by atoms with Gasteiger partial charge in [0.2, 0.25) is 0 Å². The number of rotatable bonds is 0. The highest BCUT2D eigenvalue weighted by Gasteiger charge is 2.18. The zero-order valence-corrected chi connectivity index (χ0v) is 11.6. The molecule has 0 amide bonds. The average Bonchev–Trinajstić information content (AvgIpc) is 2.90. The van der Waals surface area contributed by atoms with Crippen LogP contribution >= 0.6 is 0 Å². The molecular weight excluding hydrogens is 252 g/mol. The SMILES string of the molecule is C1=C2C=c3c(ccc4ccccc34)=C2Cc2ccccc21. The molecule has 0 N–H and O–H groups in total. The third-order valence-electron chi connectivity index (χ3n) is 4.68. The van der Waals surface area contributed by atoms with Gasteiger partial charge in [0.15, 0.2) is 0 Å². The van der Waals surface area contributed by atoms with Crippen LogP contribution in [0.4, 0.5) is 0 Å². The Balaban J connectivity index is 1.91. The number of benzene rings is 3. The highest BCUT2D eigenvalue weighted by Crippen LogP contribution is 2.30. The fourth-order valence-electron chi connectivity index (χ4n) is 3.63. The summed E-state index contributed by atoms with van der Waals surface area (Å²) >= 11 is 0. The van der Waals surface area contributed by atoms with E-state index in [4.69, 9.17) is 0 Å². The van der Waals surface area contributed by atoms with Crippen molar-refractivity contribution < 1.29 is 0 Å². The van der Waals surface area contributed by atoms with E-state index in [1.807, 2.05) is 0 Å². The molecule has 0 radical (unpaired) electrons. The average molecular weight is 266 g/mol. The highest BCUT2D eigenvalue weighted by atomic mass is 14.2. The van der Waals surface area contributed by atoms with Crippen LogP contribution in [0.5, 0.6) is 0 Å². The lowest BCUT2D eigenvalue weighted by molar-refractivity contribution is 1.25. The molecule has 0 unspecified atom stereocenters. The molecule has 0 atom stereocenters. The third-order valence-corrected chi connectivity index (χ3v) is 4.68. The molecular formula is C21H14. The molecule has 0 nitrogen and oxygen atoms in total. The fraction of sp³-hybridized carbons (Fsp3) is 0.0476. The Morgan fingerprint density at radius 1 is 0.714 bits per heavy atom. The molecule has 0 aromatic heterocycles. The fourth-order valence-corrected chi connectivity index (χ4v) is 3.63. The molecule has 0 spiro atoms. The monoisotopic (exact) mass is 266 g/mol. The van der Waals surface area contributed by atoms with E-state index in [2.05, 4.69) is 72.8 Å². The van der Waals surface area contributed by atoms with Gasteiger partial charge in [0.25, 0.3) is 0 Å². The smallest absolute Gasteiger partial charge is 0.000771 e. The van der Waals surface area contributed by atoms with Crippen LogP contribution in [0.2, 0.25) is 0 Å². The zero-order valence-electron chi connectivity index (χ0n) is 11.6. The lowest BCUT2D eigenvalue weighted by atomic mass is 9.89. The maximum absolute atomic E-state index is 2.36. The predicted octanol–water partition coefficient (Wildman–Crippen LogP) is 3.42. The van der Waals surface area contributed by atoms with Gasteiger partial charge in [-0.1, -0.05) is 60.7 Å². The zero-order chi connectivity index (χ0) is 13.8. The minimum Gasteiger partial charge on any atom is -0.0619 e. The van der Waals surface area contributed by atoms with Gasteiger partial charge in [0.1, 0.15) is 0 Å². The first-order valence-electron chi connectivity index (χ1n) is 7.43. The van der Waals surface area contributed by atoms with Crippen molar-refractivity contribution in [3.63, 3.8) is 0 Å². The second-order valence-electron chi connectivity index (χ2n) is 5.85. The van der Waals surface area contributed by atoms with Crippen molar-refractivity contribution in [2.45, 2.75) is 6.42 Å². The normalized spacial score (nSPS) is 15.0. The third kappa shape index (κ3) is 1.50. The molecule has 0 fully saturated rings. The Labute approximate surface area is 123 Å². The van der Waals surface area contributed by atoms with E-state index in [9.17, 15) is 0 Å². The predicted molar refractivity (Wildman–Crippen MR) is 89.2 cm³/mol. The number of allylic oxidation sites excluding steroid dienone is 1. The van der Waals surface area contributed by atoms with Crippen LogP contribution in [0.1, 0.15) is 11.1 Å². The number of hydrogen-bond donors (Lipinski definition) is 0. The Hall–Kier alpha value is -2.60. The van der Waals surface area contributed by atoms with Gasteiger partial charge in [0, 0.05) is 0 Å². The molecule has 3 aromatic carbocycles. The summed E-state index contributed by atoms with van der Waals surface area (Å²) in [5.74, 6) is 0. The maximum atomic E-state index is 2.36. The van der Waals surface area contributed by atoms with Crippen LogP contribution in [-0.4, -0.2) is 0 Å². The van der Waals surface area contributed by atoms with Crippen molar-refractivity contribution >= 4 is 28.5 Å². The molecule has 2 aliphatic carbocycles. The van der Waals surface area contributed by atoms with E-state index in [0.29, 0.717) is 0 Å². The van der Waals surface area contributed by atoms with Crippen LogP contribution in [-0.2, 0) is 6.42 Å². The quantitative estimate of drug-likeness (QED) is 0.585. The van der Waals surface area contributed by atoms with Gasteiger partial charge < -0.3 is 0 Å². The minimum absolute atomic E-state index is 1.05. The van der Waals surface area contributed by atoms with Crippen molar-refractivity contribution in [3.8, 4) is 0 Å². The highest BCUT2D eigenvalue weighted by molar-refractivity contribution is 5.97. The van der Waals surface area contributed by atoms with Crippen molar-refractivity contribution in [1.82, 2.24) is 0 Å². The van der Waals surface area contributed by atoms with Crippen molar-refractivity contribution in [1.29, 1.82) is 0 Å². The summed E-state index contributed by atoms with van der Waals surface area (Å²) in [5, 5.41) is 5.49. The van der Waals surface area contributed by atoms with E-state index in [1.54, 1.807) is 0 Å². The largest absolute Gasteiger partial charge is 0.0619 e. The van der Waals surface area contributed by atoms with Crippen molar-refractivity contribution in [2.75, 3.05) is 0 Å². The lowest BCUT2D eigenvalue weighted by Gasteiger charge is -2.15. The molecule has 0 aliphatic heterocycles. The van der Waals surface area contributed by atoms with E-state index in [0.717, 1.165) is 6.42 Å². The van der Waals surface area contributed by atoms with Gasteiger partial charge in [-0.3, -0.25) is 0 Å². The molecule has 2 aliphatic rings. The summed E-state index contributed by atoms with van der Waals surface area (Å²) in [4.78, 5) is 0. The number of hydrogen-bond acceptors (Lipinski definition) is 0. The molecule has 98 valence electrons. The molecule has 21 heavy (non-hydrogen) atoms. The van der Waals surface area contributed by atoms with Gasteiger partial charge in [0.05, 0.1) is 0 Å². The first-order valence-corrected chi connectivity index (χ1v) is 7.43. The minimum atomic E-state index is 1.05. The van der Waals surface area contributed by atoms with Crippen molar-refractivity contribution in [2.24, 2.45) is 0 Å². The summed E-state index contributed by atoms with van der Waals surface area (Å²) < 4.78 is 0. The van der Waals surface area contributed by atoms with E-state index >= 15 is 0 Å². The Morgan fingerprint density at radius 2 is 1.57 bits per heavy atom. The molecule has 0 heteroatoms. The van der Waals surface area contributed by atoms with Crippen LogP contribution in [0.3, 0.4) is 0 Å². The van der Waals surface area contributed by atoms with E-state index < -0.39 is 0 Å². The molecule has 3 aromatic rings. The topological polar surface area (TPSA) is 0 Å². The van der Waals surface area contributed by atoms with E-state index in [1.165, 1.54) is 43.5 Å². The molecule has 0 heterocycles. The van der Waals surface area contributed by atoms with Gasteiger partial charge in [-0.2, -0.15) is 0 Å². The first kappa shape index (κ1) is 11.1. The lowest BCUT2D eigenvalue weighted by Crippen LogP contribution is -2.24. The van der Waals surface area contributed by atoms with Crippen LogP contribution in [0.15, 0.2) is 66.2 Å². The summed E-state index contributed by atoms with van der Waals surface area (Å²) in [6, 6.07) is 21.9. The maximum Gasteiger partial charge on any atom is -0.000771 e. The summed E-state index contributed by atoms with van der Waals surface area (Å²) in [6.07, 6.45) is 5.75. The van der Waals surface area contributed by atoms with Crippen LogP contribution in [0, 0.1) is 0 Å². The van der Waals surface area contributed by atoms with Crippen LogP contribution in [0.25, 0.3) is 28.5 Å². The second kappa shape index (κ2) is 3.95. The summed E-state index contributed by atoms with van der Waals surface area (Å²) in [5.41, 5.74) is 5.67. The Kier molecular flexibility index (Phi) is 2.09. The Bertz CT molecular complexity index is 1050. The molecule has 0 bridgehead atoms. The standard InChI is InChI=1S/C21H14/c1-2-7-16-12-20-17(11-15(16)6-1)13-21-18-8-4-3-5-14(18)9-10-19(20)21/h1-11,13H,12H2. The van der Waals surface area contributed by atoms with Crippen molar-refractivity contribution in [3.05, 3.63) is 87.8 Å². The summed E-state index contributed by atoms with van der Waals surface area (Å²) in [7, 11) is 0. The Morgan fingerprint density at radius 3 is 2.57 bits per heavy atom. The molecule has 0 saturated carbocycles. The molecule has 5 rings (SSSR count). The van der Waals surface area contributed by atoms with Crippen LogP contribution < -0.4 is 10.4 Å². The van der Waals surface area contributed by atoms with Gasteiger partial charge in [-0.15, -0.1) is 0 Å². The second-order valence-corrected chi connectivity index (χ2v) is 5.85.